The Labute approximate surface area is 114 Å². The van der Waals surface area contributed by atoms with Gasteiger partial charge in [-0.15, -0.1) is 0 Å². The van der Waals surface area contributed by atoms with Crippen molar-refractivity contribution in [3.05, 3.63) is 28.2 Å². The summed E-state index contributed by atoms with van der Waals surface area (Å²) in [5.41, 5.74) is 5.83. The minimum atomic E-state index is -0.199. The van der Waals surface area contributed by atoms with Gasteiger partial charge in [0.25, 0.3) is 5.91 Å². The fraction of sp³-hybridized carbons (Fsp3) is 0.417. The molecule has 1 fully saturated rings. The van der Waals surface area contributed by atoms with E-state index < -0.39 is 0 Å². The molecule has 2 rings (SSSR count). The van der Waals surface area contributed by atoms with Gasteiger partial charge in [-0.3, -0.25) is 4.79 Å². The average Bonchev–Trinajstić information content (AvgIpc) is 2.41. The third kappa shape index (κ3) is 2.82. The number of phenols is 1. The number of nitrogens with two attached hydrogens (primary N) is 1. The van der Waals surface area contributed by atoms with Gasteiger partial charge >= 0.3 is 0 Å². The molecule has 5 nitrogen and oxygen atoms in total. The van der Waals surface area contributed by atoms with Crippen LogP contribution >= 0.6 is 15.9 Å². The second kappa shape index (κ2) is 5.69. The number of carbonyl (C=O) groups excluding carboxylic acids is 1. The quantitative estimate of drug-likeness (QED) is 0.852. The molecular weight excluding hydrogens is 300 g/mol. The lowest BCUT2D eigenvalue weighted by Gasteiger charge is -2.32. The van der Waals surface area contributed by atoms with Crippen molar-refractivity contribution in [2.24, 2.45) is 5.73 Å². The molecule has 18 heavy (non-hydrogen) atoms. The van der Waals surface area contributed by atoms with Crippen molar-refractivity contribution in [1.82, 2.24) is 4.90 Å². The van der Waals surface area contributed by atoms with Gasteiger partial charge in [0.05, 0.1) is 18.3 Å². The summed E-state index contributed by atoms with van der Waals surface area (Å²) >= 11 is 3.29. The van der Waals surface area contributed by atoms with Gasteiger partial charge in [-0.25, -0.2) is 0 Å². The third-order valence-corrected chi connectivity index (χ3v) is 3.37. The summed E-state index contributed by atoms with van der Waals surface area (Å²) < 4.78 is 6.16. The molecule has 98 valence electrons. The van der Waals surface area contributed by atoms with E-state index in [-0.39, 0.29) is 17.8 Å². The van der Waals surface area contributed by atoms with E-state index in [1.165, 1.54) is 6.07 Å². The fourth-order valence-electron chi connectivity index (χ4n) is 1.90. The molecule has 1 unspecified atom stereocenters. The van der Waals surface area contributed by atoms with Gasteiger partial charge in [0.2, 0.25) is 0 Å². The number of halogens is 1. The summed E-state index contributed by atoms with van der Waals surface area (Å²) in [5, 5.41) is 9.73. The Morgan fingerprint density at radius 1 is 1.61 bits per heavy atom. The zero-order valence-corrected chi connectivity index (χ0v) is 11.4. The molecule has 0 saturated carbocycles. The maximum absolute atomic E-state index is 12.3. The van der Waals surface area contributed by atoms with Crippen molar-refractivity contribution in [2.75, 3.05) is 26.2 Å². The maximum atomic E-state index is 12.3. The number of hydrogen-bond donors (Lipinski definition) is 2. The Hall–Kier alpha value is -1.11. The highest BCUT2D eigenvalue weighted by Crippen LogP contribution is 2.24. The first-order valence-electron chi connectivity index (χ1n) is 5.71. The maximum Gasteiger partial charge on any atom is 0.257 e. The molecule has 1 heterocycles. The van der Waals surface area contributed by atoms with Crippen molar-refractivity contribution in [2.45, 2.75) is 6.10 Å². The molecule has 0 bridgehead atoms. The third-order valence-electron chi connectivity index (χ3n) is 2.88. The number of carbonyl (C=O) groups is 1. The average molecular weight is 315 g/mol. The molecule has 1 aromatic rings. The van der Waals surface area contributed by atoms with Gasteiger partial charge in [-0.05, 0) is 18.2 Å². The number of ether oxygens (including phenoxy) is 1. The largest absolute Gasteiger partial charge is 0.507 e. The van der Waals surface area contributed by atoms with Crippen LogP contribution in [0.1, 0.15) is 10.4 Å². The molecule has 6 heteroatoms. The number of aromatic hydroxyl groups is 1. The van der Waals surface area contributed by atoms with Crippen LogP contribution in [0.2, 0.25) is 0 Å². The van der Waals surface area contributed by atoms with E-state index in [2.05, 4.69) is 15.9 Å². The van der Waals surface area contributed by atoms with Gasteiger partial charge in [0.1, 0.15) is 5.75 Å². The molecule has 3 N–H and O–H groups in total. The summed E-state index contributed by atoms with van der Waals surface area (Å²) in [6, 6.07) is 4.80. The number of benzene rings is 1. The molecule has 1 aliphatic rings. The van der Waals surface area contributed by atoms with Gasteiger partial charge < -0.3 is 20.5 Å². The molecule has 1 atom stereocenters. The minimum Gasteiger partial charge on any atom is -0.507 e. The normalized spacial score (nSPS) is 19.9. The summed E-state index contributed by atoms with van der Waals surface area (Å²) in [5.74, 6) is -0.213. The van der Waals surface area contributed by atoms with Crippen LogP contribution in [0.15, 0.2) is 22.7 Å². The first-order valence-corrected chi connectivity index (χ1v) is 6.50. The van der Waals surface area contributed by atoms with Crippen molar-refractivity contribution in [3.8, 4) is 5.75 Å². The lowest BCUT2D eigenvalue weighted by Crippen LogP contribution is -2.48. The minimum absolute atomic E-state index is 0.0148. The number of morpholine rings is 1. The monoisotopic (exact) mass is 314 g/mol. The predicted molar refractivity (Wildman–Crippen MR) is 70.5 cm³/mol. The van der Waals surface area contributed by atoms with E-state index in [0.29, 0.717) is 31.8 Å². The van der Waals surface area contributed by atoms with Gasteiger partial charge in [0.15, 0.2) is 0 Å². The summed E-state index contributed by atoms with van der Waals surface area (Å²) in [6.45, 7) is 1.83. The van der Waals surface area contributed by atoms with E-state index in [0.717, 1.165) is 4.47 Å². The van der Waals surface area contributed by atoms with Crippen molar-refractivity contribution >= 4 is 21.8 Å². The molecule has 1 aromatic carbocycles. The van der Waals surface area contributed by atoms with Crippen LogP contribution in [0, 0.1) is 0 Å². The zero-order valence-electron chi connectivity index (χ0n) is 9.80. The number of amides is 1. The molecule has 0 aliphatic carbocycles. The first-order chi connectivity index (χ1) is 8.61. The Morgan fingerprint density at radius 3 is 3.11 bits per heavy atom. The van der Waals surface area contributed by atoms with E-state index in [4.69, 9.17) is 10.5 Å². The lowest BCUT2D eigenvalue weighted by atomic mass is 10.1. The van der Waals surface area contributed by atoms with Crippen LogP contribution in [0.5, 0.6) is 5.75 Å². The van der Waals surface area contributed by atoms with E-state index in [9.17, 15) is 9.90 Å². The Balaban J connectivity index is 2.17. The molecule has 0 spiro atoms. The van der Waals surface area contributed by atoms with Crippen molar-refractivity contribution in [3.63, 3.8) is 0 Å². The second-order valence-electron chi connectivity index (χ2n) is 4.14. The highest BCUT2D eigenvalue weighted by atomic mass is 79.9. The van der Waals surface area contributed by atoms with Gasteiger partial charge in [0, 0.05) is 24.1 Å². The number of rotatable bonds is 2. The van der Waals surface area contributed by atoms with Crippen LogP contribution in [0.25, 0.3) is 0 Å². The number of hydrogen-bond acceptors (Lipinski definition) is 4. The first kappa shape index (κ1) is 13.3. The Morgan fingerprint density at radius 2 is 2.39 bits per heavy atom. The zero-order chi connectivity index (χ0) is 13.1. The number of nitrogens with zero attached hydrogens (tertiary/aromatic N) is 1. The van der Waals surface area contributed by atoms with Crippen LogP contribution < -0.4 is 5.73 Å². The molecular formula is C12H15BrN2O3. The molecule has 1 saturated heterocycles. The van der Waals surface area contributed by atoms with Crippen LogP contribution in [-0.4, -0.2) is 48.3 Å². The molecule has 0 radical (unpaired) electrons. The van der Waals surface area contributed by atoms with E-state index >= 15 is 0 Å². The molecule has 1 aliphatic heterocycles. The summed E-state index contributed by atoms with van der Waals surface area (Å²) in [4.78, 5) is 13.9. The summed E-state index contributed by atoms with van der Waals surface area (Å²) in [6.07, 6.45) is -0.128. The molecule has 0 aromatic heterocycles. The summed E-state index contributed by atoms with van der Waals surface area (Å²) in [7, 11) is 0. The highest BCUT2D eigenvalue weighted by Gasteiger charge is 2.25. The topological polar surface area (TPSA) is 75.8 Å². The smallest absolute Gasteiger partial charge is 0.257 e. The van der Waals surface area contributed by atoms with Crippen LogP contribution in [0.3, 0.4) is 0 Å². The SMILES string of the molecule is NCC1CN(C(=O)c2cc(Br)ccc2O)CCO1. The predicted octanol–water partition coefficient (Wildman–Crippen LogP) is 0.954. The standard InChI is InChI=1S/C12H15BrN2O3/c13-8-1-2-11(16)10(5-8)12(17)15-3-4-18-9(6-14)7-15/h1-2,5,9,16H,3-4,6-7,14H2. The van der Waals surface area contributed by atoms with Crippen molar-refractivity contribution in [1.29, 1.82) is 0 Å². The molecule has 1 amide bonds. The Kier molecular flexibility index (Phi) is 4.21. The van der Waals surface area contributed by atoms with Gasteiger partial charge in [-0.1, -0.05) is 15.9 Å². The van der Waals surface area contributed by atoms with Gasteiger partial charge in [-0.2, -0.15) is 0 Å². The van der Waals surface area contributed by atoms with E-state index in [1.54, 1.807) is 17.0 Å². The van der Waals surface area contributed by atoms with Crippen LogP contribution in [0.4, 0.5) is 0 Å². The Bertz CT molecular complexity index is 453. The highest BCUT2D eigenvalue weighted by molar-refractivity contribution is 9.10. The lowest BCUT2D eigenvalue weighted by molar-refractivity contribution is -0.0168. The fourth-order valence-corrected chi connectivity index (χ4v) is 2.26. The van der Waals surface area contributed by atoms with E-state index in [1.807, 2.05) is 0 Å². The second-order valence-corrected chi connectivity index (χ2v) is 5.06. The number of phenolic OH excluding ortho intramolecular Hbond substituents is 1. The van der Waals surface area contributed by atoms with Crippen LogP contribution in [-0.2, 0) is 4.74 Å². The van der Waals surface area contributed by atoms with Crippen molar-refractivity contribution < 1.29 is 14.6 Å².